The van der Waals surface area contributed by atoms with Crippen LogP contribution in [0.1, 0.15) is 5.56 Å². The second kappa shape index (κ2) is 4.43. The summed E-state index contributed by atoms with van der Waals surface area (Å²) in [5, 5.41) is 1.52. The SMILES string of the molecule is Cc1c(Cl)cccc1-n1[se]c2ccccc2c1=O. The van der Waals surface area contributed by atoms with E-state index < -0.39 is 0 Å². The average molecular weight is 323 g/mol. The molecule has 90 valence electrons. The van der Waals surface area contributed by atoms with E-state index in [-0.39, 0.29) is 20.3 Å². The molecule has 1 heterocycles. The van der Waals surface area contributed by atoms with Gasteiger partial charge in [0.15, 0.2) is 0 Å². The van der Waals surface area contributed by atoms with Crippen molar-refractivity contribution in [2.75, 3.05) is 0 Å². The predicted molar refractivity (Wildman–Crippen MR) is 76.2 cm³/mol. The zero-order valence-electron chi connectivity index (χ0n) is 9.68. The van der Waals surface area contributed by atoms with E-state index in [1.54, 1.807) is 0 Å². The Hall–Kier alpha value is -1.28. The Morgan fingerprint density at radius 3 is 2.67 bits per heavy atom. The Kier molecular flexibility index (Phi) is 2.90. The molecule has 0 fully saturated rings. The number of nitrogens with zero attached hydrogens (tertiary/aromatic N) is 1. The van der Waals surface area contributed by atoms with Crippen LogP contribution in [0, 0.1) is 6.92 Å². The molecule has 4 heteroatoms. The topological polar surface area (TPSA) is 22.0 Å². The molecule has 0 bridgehead atoms. The van der Waals surface area contributed by atoms with Gasteiger partial charge >= 0.3 is 116 Å². The van der Waals surface area contributed by atoms with Crippen LogP contribution in [0.5, 0.6) is 0 Å². The number of aromatic nitrogens is 1. The van der Waals surface area contributed by atoms with Gasteiger partial charge in [-0.2, -0.15) is 0 Å². The number of hydrogen-bond acceptors (Lipinski definition) is 1. The predicted octanol–water partition coefficient (Wildman–Crippen LogP) is 3.01. The molecular formula is C14H10ClNOSe. The third-order valence-electron chi connectivity index (χ3n) is 2.95. The van der Waals surface area contributed by atoms with Crippen molar-refractivity contribution in [2.24, 2.45) is 0 Å². The van der Waals surface area contributed by atoms with Crippen LogP contribution in [0.3, 0.4) is 0 Å². The molecule has 0 saturated heterocycles. The zero-order chi connectivity index (χ0) is 12.7. The van der Waals surface area contributed by atoms with Crippen LogP contribution in [0.4, 0.5) is 0 Å². The fraction of sp³-hybridized carbons (Fsp3) is 0.0714. The van der Waals surface area contributed by atoms with Gasteiger partial charge in [-0.3, -0.25) is 0 Å². The van der Waals surface area contributed by atoms with Crippen LogP contribution < -0.4 is 5.56 Å². The molecule has 18 heavy (non-hydrogen) atoms. The van der Waals surface area contributed by atoms with Gasteiger partial charge in [-0.15, -0.1) is 0 Å². The van der Waals surface area contributed by atoms with Gasteiger partial charge in [0.05, 0.1) is 0 Å². The Morgan fingerprint density at radius 2 is 1.89 bits per heavy atom. The van der Waals surface area contributed by atoms with Crippen molar-refractivity contribution in [3.05, 3.63) is 63.4 Å². The summed E-state index contributed by atoms with van der Waals surface area (Å²) >= 11 is 6.12. The molecule has 0 aliphatic heterocycles. The van der Waals surface area contributed by atoms with Gasteiger partial charge < -0.3 is 0 Å². The third kappa shape index (κ3) is 1.76. The second-order valence-corrected chi connectivity index (χ2v) is 6.55. The van der Waals surface area contributed by atoms with E-state index >= 15 is 0 Å². The number of fused-ring (bicyclic) bond motifs is 1. The summed E-state index contributed by atoms with van der Waals surface area (Å²) in [4.78, 5) is 12.4. The van der Waals surface area contributed by atoms with E-state index in [1.807, 2.05) is 53.0 Å². The molecule has 0 aliphatic carbocycles. The quantitative estimate of drug-likeness (QED) is 0.631. The number of rotatable bonds is 1. The molecule has 0 radical (unpaired) electrons. The fourth-order valence-electron chi connectivity index (χ4n) is 1.95. The summed E-state index contributed by atoms with van der Waals surface area (Å²) in [7, 11) is 0. The molecule has 1 aromatic heterocycles. The first kappa shape index (κ1) is 11.8. The zero-order valence-corrected chi connectivity index (χ0v) is 12.2. The van der Waals surface area contributed by atoms with E-state index in [2.05, 4.69) is 0 Å². The summed E-state index contributed by atoms with van der Waals surface area (Å²) in [5.74, 6) is 0. The first-order chi connectivity index (χ1) is 8.68. The molecule has 0 saturated carbocycles. The van der Waals surface area contributed by atoms with Gasteiger partial charge in [0.25, 0.3) is 0 Å². The summed E-state index contributed by atoms with van der Waals surface area (Å²) < 4.78 is 2.98. The van der Waals surface area contributed by atoms with Crippen molar-refractivity contribution in [3.8, 4) is 5.69 Å². The van der Waals surface area contributed by atoms with E-state index in [9.17, 15) is 4.79 Å². The summed E-state index contributed by atoms with van der Waals surface area (Å²) in [6, 6.07) is 13.5. The minimum absolute atomic E-state index is 0.00309. The Balaban J connectivity index is 2.36. The van der Waals surface area contributed by atoms with E-state index in [4.69, 9.17) is 11.6 Å². The molecular weight excluding hydrogens is 313 g/mol. The standard InChI is InChI=1S/C14H10ClNOSe/c1-9-11(15)6-4-7-12(9)16-14(17)10-5-2-3-8-13(10)18-16/h2-8H,1H3. The minimum atomic E-state index is 0.00309. The molecule has 2 aromatic carbocycles. The number of hydrogen-bond donors (Lipinski definition) is 0. The van der Waals surface area contributed by atoms with Crippen LogP contribution in [0.2, 0.25) is 5.02 Å². The van der Waals surface area contributed by atoms with Crippen LogP contribution in [-0.2, 0) is 0 Å². The summed E-state index contributed by atoms with van der Waals surface area (Å²) in [6.07, 6.45) is 0. The van der Waals surface area contributed by atoms with Crippen LogP contribution in [0.25, 0.3) is 15.3 Å². The van der Waals surface area contributed by atoms with Gasteiger partial charge in [-0.25, -0.2) is 0 Å². The van der Waals surface area contributed by atoms with Crippen LogP contribution >= 0.6 is 11.6 Å². The second-order valence-electron chi connectivity index (χ2n) is 4.07. The van der Waals surface area contributed by atoms with Gasteiger partial charge in [0.1, 0.15) is 0 Å². The van der Waals surface area contributed by atoms with Crippen molar-refractivity contribution in [2.45, 2.75) is 6.92 Å². The van der Waals surface area contributed by atoms with Crippen molar-refractivity contribution in [3.63, 3.8) is 0 Å². The van der Waals surface area contributed by atoms with Gasteiger partial charge in [-0.1, -0.05) is 0 Å². The van der Waals surface area contributed by atoms with E-state index in [0.717, 1.165) is 20.9 Å². The van der Waals surface area contributed by atoms with Gasteiger partial charge in [-0.05, 0) is 0 Å². The Morgan fingerprint density at radius 1 is 1.11 bits per heavy atom. The van der Waals surface area contributed by atoms with Crippen molar-refractivity contribution in [1.29, 1.82) is 0 Å². The maximum atomic E-state index is 12.4. The molecule has 3 aromatic rings. The molecule has 2 nitrogen and oxygen atoms in total. The Labute approximate surface area is 115 Å². The van der Waals surface area contributed by atoms with Crippen LogP contribution in [0.15, 0.2) is 47.3 Å². The molecule has 3 rings (SSSR count). The van der Waals surface area contributed by atoms with Gasteiger partial charge in [0.2, 0.25) is 0 Å². The summed E-state index contributed by atoms with van der Waals surface area (Å²) in [6.45, 7) is 1.95. The molecule has 0 amide bonds. The van der Waals surface area contributed by atoms with Crippen molar-refractivity contribution in [1.82, 2.24) is 3.56 Å². The van der Waals surface area contributed by atoms with Gasteiger partial charge in [0, 0.05) is 0 Å². The normalized spacial score (nSPS) is 11.0. The first-order valence-corrected chi connectivity index (χ1v) is 7.55. The summed E-state index contributed by atoms with van der Waals surface area (Å²) in [5.41, 5.74) is 1.96. The molecule has 0 spiro atoms. The van der Waals surface area contributed by atoms with Crippen molar-refractivity contribution < 1.29 is 0 Å². The maximum absolute atomic E-state index is 12.4. The first-order valence-electron chi connectivity index (χ1n) is 5.55. The third-order valence-corrected chi connectivity index (χ3v) is 5.66. The Bertz CT molecular complexity index is 788. The average Bonchev–Trinajstić information content (AvgIpc) is 2.71. The molecule has 0 N–H and O–H groups in total. The van der Waals surface area contributed by atoms with E-state index in [1.165, 1.54) is 0 Å². The molecule has 0 atom stereocenters. The van der Waals surface area contributed by atoms with E-state index in [0.29, 0.717) is 5.02 Å². The monoisotopic (exact) mass is 323 g/mol. The number of halogens is 1. The van der Waals surface area contributed by atoms with Crippen LogP contribution in [-0.4, -0.2) is 18.3 Å². The molecule has 0 unspecified atom stereocenters. The molecule has 0 aliphatic rings. The fourth-order valence-corrected chi connectivity index (χ4v) is 4.36. The van der Waals surface area contributed by atoms with Crippen molar-refractivity contribution >= 4 is 36.0 Å². The number of benzene rings is 2.